The second-order valence-electron chi connectivity index (χ2n) is 6.96. The molecule has 9 heteroatoms. The van der Waals surface area contributed by atoms with Crippen LogP contribution in [0.15, 0.2) is 47.0 Å². The molecule has 0 spiro atoms. The molecule has 0 radical (unpaired) electrons. The van der Waals surface area contributed by atoms with Crippen molar-refractivity contribution in [3.63, 3.8) is 0 Å². The van der Waals surface area contributed by atoms with Crippen LogP contribution < -0.4 is 10.1 Å². The fourth-order valence-corrected chi connectivity index (χ4v) is 3.78. The van der Waals surface area contributed by atoms with Gasteiger partial charge in [0.25, 0.3) is 5.91 Å². The number of benzene rings is 2. The number of carbonyl (C=O) groups is 1. The van der Waals surface area contributed by atoms with Crippen LogP contribution in [0.2, 0.25) is 0 Å². The molecule has 2 aromatic heterocycles. The number of hydrogen-bond acceptors (Lipinski definition) is 8. The standard InChI is InChI=1S/C22H21N5O3S/c1-4-19-23-18(27-30-19)12-29-16-8-6-15(7-9-16)20(28)24-22-26-25-21(31-22)17-10-5-13(2)11-14(17)3/h5-11H,4,12H2,1-3H3,(H,24,26,28). The molecule has 4 aromatic rings. The van der Waals surface area contributed by atoms with E-state index in [1.807, 2.05) is 32.9 Å². The Kier molecular flexibility index (Phi) is 6.03. The highest BCUT2D eigenvalue weighted by molar-refractivity contribution is 7.18. The first-order chi connectivity index (χ1) is 15.0. The van der Waals surface area contributed by atoms with E-state index in [0.717, 1.165) is 16.1 Å². The summed E-state index contributed by atoms with van der Waals surface area (Å²) in [4.78, 5) is 16.7. The predicted molar refractivity (Wildman–Crippen MR) is 117 cm³/mol. The lowest BCUT2D eigenvalue weighted by molar-refractivity contribution is 0.102. The first kappa shape index (κ1) is 20.7. The quantitative estimate of drug-likeness (QED) is 0.452. The highest BCUT2D eigenvalue weighted by Crippen LogP contribution is 2.29. The minimum atomic E-state index is -0.263. The highest BCUT2D eigenvalue weighted by atomic mass is 32.1. The van der Waals surface area contributed by atoms with Crippen molar-refractivity contribution in [3.8, 4) is 16.3 Å². The van der Waals surface area contributed by atoms with Crippen molar-refractivity contribution >= 4 is 22.4 Å². The first-order valence-corrected chi connectivity index (χ1v) is 10.6. The Labute approximate surface area is 183 Å². The Bertz CT molecular complexity index is 1200. The van der Waals surface area contributed by atoms with Gasteiger partial charge in [-0.2, -0.15) is 4.98 Å². The molecule has 1 amide bonds. The smallest absolute Gasteiger partial charge is 0.257 e. The van der Waals surface area contributed by atoms with Crippen molar-refractivity contribution in [2.75, 3.05) is 5.32 Å². The number of hydrogen-bond donors (Lipinski definition) is 1. The van der Waals surface area contributed by atoms with Gasteiger partial charge < -0.3 is 9.26 Å². The molecular formula is C22H21N5O3S. The van der Waals surface area contributed by atoms with Crippen LogP contribution >= 0.6 is 11.3 Å². The molecule has 0 saturated carbocycles. The number of nitrogens with zero attached hydrogens (tertiary/aromatic N) is 4. The summed E-state index contributed by atoms with van der Waals surface area (Å²) in [5.41, 5.74) is 3.81. The molecule has 31 heavy (non-hydrogen) atoms. The van der Waals surface area contributed by atoms with Gasteiger partial charge >= 0.3 is 0 Å². The summed E-state index contributed by atoms with van der Waals surface area (Å²) in [6.07, 6.45) is 0.678. The van der Waals surface area contributed by atoms with Crippen molar-refractivity contribution in [3.05, 3.63) is 70.9 Å². The summed E-state index contributed by atoms with van der Waals surface area (Å²) in [7, 11) is 0. The largest absolute Gasteiger partial charge is 0.485 e. The third-order valence-electron chi connectivity index (χ3n) is 4.55. The lowest BCUT2D eigenvalue weighted by Gasteiger charge is -2.05. The molecular weight excluding hydrogens is 414 g/mol. The molecule has 1 N–H and O–H groups in total. The average molecular weight is 436 g/mol. The fraction of sp³-hybridized carbons (Fsp3) is 0.227. The fourth-order valence-electron chi connectivity index (χ4n) is 2.95. The molecule has 0 bridgehead atoms. The number of ether oxygens (including phenoxy) is 1. The summed E-state index contributed by atoms with van der Waals surface area (Å²) in [6, 6.07) is 13.0. The third kappa shape index (κ3) is 4.95. The molecule has 0 fully saturated rings. The van der Waals surface area contributed by atoms with Gasteiger partial charge in [-0.3, -0.25) is 10.1 Å². The number of aromatic nitrogens is 4. The van der Waals surface area contributed by atoms with Crippen LogP contribution in [-0.4, -0.2) is 26.2 Å². The van der Waals surface area contributed by atoms with Gasteiger partial charge in [0.15, 0.2) is 6.61 Å². The summed E-state index contributed by atoms with van der Waals surface area (Å²) >= 11 is 1.34. The van der Waals surface area contributed by atoms with Gasteiger partial charge in [-0.25, -0.2) is 0 Å². The number of amides is 1. The van der Waals surface area contributed by atoms with Crippen LogP contribution in [0.1, 0.15) is 40.1 Å². The molecule has 2 aromatic carbocycles. The van der Waals surface area contributed by atoms with Gasteiger partial charge in [0.1, 0.15) is 10.8 Å². The van der Waals surface area contributed by atoms with E-state index in [9.17, 15) is 4.79 Å². The molecule has 0 aliphatic heterocycles. The van der Waals surface area contributed by atoms with Crippen LogP contribution in [0, 0.1) is 13.8 Å². The Morgan fingerprint density at radius 2 is 1.94 bits per heavy atom. The molecule has 0 aliphatic rings. The molecule has 4 rings (SSSR count). The molecule has 0 atom stereocenters. The second kappa shape index (κ2) is 9.05. The number of anilines is 1. The van der Waals surface area contributed by atoms with Gasteiger partial charge in [0.2, 0.25) is 16.8 Å². The maximum absolute atomic E-state index is 12.6. The summed E-state index contributed by atoms with van der Waals surface area (Å²) in [6.45, 7) is 6.22. The Morgan fingerprint density at radius 1 is 1.13 bits per heavy atom. The molecule has 2 heterocycles. The maximum atomic E-state index is 12.6. The van der Waals surface area contributed by atoms with E-state index in [1.165, 1.54) is 16.9 Å². The molecule has 0 unspecified atom stereocenters. The monoisotopic (exact) mass is 435 g/mol. The van der Waals surface area contributed by atoms with Gasteiger partial charge in [-0.05, 0) is 43.7 Å². The van der Waals surface area contributed by atoms with Crippen LogP contribution in [0.3, 0.4) is 0 Å². The van der Waals surface area contributed by atoms with Gasteiger partial charge in [-0.1, -0.05) is 47.2 Å². The SMILES string of the molecule is CCc1nc(COc2ccc(C(=O)Nc3nnc(-c4ccc(C)cc4C)s3)cc2)no1. The number of nitrogens with one attached hydrogen (secondary N) is 1. The Hall–Kier alpha value is -3.59. The van der Waals surface area contributed by atoms with E-state index in [0.29, 0.717) is 34.6 Å². The van der Waals surface area contributed by atoms with Crippen molar-refractivity contribution < 1.29 is 14.1 Å². The minimum absolute atomic E-state index is 0.195. The average Bonchev–Trinajstić information content (AvgIpc) is 3.42. The summed E-state index contributed by atoms with van der Waals surface area (Å²) in [5.74, 6) is 1.39. The van der Waals surface area contributed by atoms with Gasteiger partial charge in [0.05, 0.1) is 0 Å². The zero-order valence-electron chi connectivity index (χ0n) is 17.4. The van der Waals surface area contributed by atoms with Crippen molar-refractivity contribution in [1.82, 2.24) is 20.3 Å². The topological polar surface area (TPSA) is 103 Å². The van der Waals surface area contributed by atoms with Gasteiger partial charge in [0, 0.05) is 17.5 Å². The molecule has 158 valence electrons. The van der Waals surface area contributed by atoms with E-state index in [-0.39, 0.29) is 12.5 Å². The Balaban J connectivity index is 1.37. The molecule has 8 nitrogen and oxygen atoms in total. The normalized spacial score (nSPS) is 10.8. The zero-order chi connectivity index (χ0) is 21.8. The number of rotatable bonds is 7. The lowest BCUT2D eigenvalue weighted by atomic mass is 10.1. The zero-order valence-corrected chi connectivity index (χ0v) is 18.2. The Morgan fingerprint density at radius 3 is 2.65 bits per heavy atom. The number of carbonyl (C=O) groups excluding carboxylic acids is 1. The summed E-state index contributed by atoms with van der Waals surface area (Å²) in [5, 5.41) is 16.2. The van der Waals surface area contributed by atoms with Crippen molar-refractivity contribution in [2.45, 2.75) is 33.8 Å². The van der Waals surface area contributed by atoms with Crippen LogP contribution in [0.5, 0.6) is 5.75 Å². The molecule has 0 aliphatic carbocycles. The van der Waals surface area contributed by atoms with E-state index in [1.54, 1.807) is 24.3 Å². The van der Waals surface area contributed by atoms with Crippen molar-refractivity contribution in [1.29, 1.82) is 0 Å². The van der Waals surface area contributed by atoms with E-state index in [4.69, 9.17) is 9.26 Å². The first-order valence-electron chi connectivity index (χ1n) is 9.78. The minimum Gasteiger partial charge on any atom is -0.485 e. The van der Waals surface area contributed by atoms with Crippen LogP contribution in [0.25, 0.3) is 10.6 Å². The third-order valence-corrected chi connectivity index (χ3v) is 5.43. The van der Waals surface area contributed by atoms with E-state index in [2.05, 4.69) is 31.7 Å². The maximum Gasteiger partial charge on any atom is 0.257 e. The highest BCUT2D eigenvalue weighted by Gasteiger charge is 2.13. The lowest BCUT2D eigenvalue weighted by Crippen LogP contribution is -2.11. The number of aryl methyl sites for hydroxylation is 3. The van der Waals surface area contributed by atoms with Crippen LogP contribution in [-0.2, 0) is 13.0 Å². The van der Waals surface area contributed by atoms with E-state index < -0.39 is 0 Å². The van der Waals surface area contributed by atoms with Crippen molar-refractivity contribution in [2.24, 2.45) is 0 Å². The van der Waals surface area contributed by atoms with Gasteiger partial charge in [-0.15, -0.1) is 10.2 Å². The summed E-state index contributed by atoms with van der Waals surface area (Å²) < 4.78 is 10.7. The second-order valence-corrected chi connectivity index (χ2v) is 7.93. The van der Waals surface area contributed by atoms with Crippen LogP contribution in [0.4, 0.5) is 5.13 Å². The molecule has 0 saturated heterocycles. The predicted octanol–water partition coefficient (Wildman–Crippen LogP) is 4.60. The van der Waals surface area contributed by atoms with E-state index >= 15 is 0 Å².